The number of amides is 1. The van der Waals surface area contributed by atoms with Gasteiger partial charge in [-0.05, 0) is 57.0 Å². The molecule has 1 amide bonds. The van der Waals surface area contributed by atoms with E-state index in [0.717, 1.165) is 16.8 Å². The van der Waals surface area contributed by atoms with Crippen LogP contribution in [0.5, 0.6) is 0 Å². The minimum Gasteiger partial charge on any atom is -0.461 e. The van der Waals surface area contributed by atoms with Crippen molar-refractivity contribution in [2.24, 2.45) is 0 Å². The molecular weight excluding hydrogens is 348 g/mol. The Morgan fingerprint density at radius 2 is 2.08 bits per heavy atom. The fraction of sp³-hybridized carbons (Fsp3) is 0.316. The lowest BCUT2D eigenvalue weighted by Gasteiger charge is -2.14. The highest BCUT2D eigenvalue weighted by atomic mass is 32.2. The number of nitrogens with one attached hydrogen (secondary N) is 1. The maximum Gasteiger partial charge on any atom is 0.237 e. The molecule has 0 aliphatic rings. The topological polar surface area (TPSA) is 73.0 Å². The number of hydrogen-bond acceptors (Lipinski definition) is 5. The first kappa shape index (κ1) is 18.3. The van der Waals surface area contributed by atoms with Crippen LogP contribution < -0.4 is 5.32 Å². The first-order valence-electron chi connectivity index (χ1n) is 8.52. The van der Waals surface area contributed by atoms with Crippen LogP contribution in [0.4, 0.5) is 5.69 Å². The number of aryl methyl sites for hydroxylation is 1. The standard InChI is InChI=1S/C19H22N4O2S/c1-5-23-17(16-10-7-11-25-16)21-22-19(23)26-14(4)18(24)20-15-9-6-8-12(2)13(15)3/h6-11,14H,5H2,1-4H3,(H,20,24). The third-order valence-corrected chi connectivity index (χ3v) is 5.37. The Morgan fingerprint density at radius 3 is 2.77 bits per heavy atom. The molecule has 1 N–H and O–H groups in total. The van der Waals surface area contributed by atoms with E-state index in [1.54, 1.807) is 6.26 Å². The summed E-state index contributed by atoms with van der Waals surface area (Å²) in [5.74, 6) is 1.27. The van der Waals surface area contributed by atoms with Crippen LogP contribution in [0, 0.1) is 13.8 Å². The summed E-state index contributed by atoms with van der Waals surface area (Å²) < 4.78 is 7.37. The highest BCUT2D eigenvalue weighted by Gasteiger charge is 2.21. The van der Waals surface area contributed by atoms with Crippen LogP contribution in [-0.4, -0.2) is 25.9 Å². The van der Waals surface area contributed by atoms with Gasteiger partial charge in [-0.1, -0.05) is 23.9 Å². The average molecular weight is 370 g/mol. The van der Waals surface area contributed by atoms with Gasteiger partial charge in [0.2, 0.25) is 5.91 Å². The molecule has 0 aliphatic heterocycles. The third-order valence-electron chi connectivity index (χ3n) is 4.29. The number of nitrogens with zero attached hydrogens (tertiary/aromatic N) is 3. The number of furan rings is 1. The van der Waals surface area contributed by atoms with Crippen LogP contribution in [0.1, 0.15) is 25.0 Å². The minimum absolute atomic E-state index is 0.0612. The Kier molecular flexibility index (Phi) is 5.46. The molecule has 0 spiro atoms. The van der Waals surface area contributed by atoms with Gasteiger partial charge in [0.05, 0.1) is 11.5 Å². The lowest BCUT2D eigenvalue weighted by Crippen LogP contribution is -2.23. The highest BCUT2D eigenvalue weighted by Crippen LogP contribution is 2.28. The number of carbonyl (C=O) groups is 1. The molecule has 3 aromatic rings. The predicted octanol–water partition coefficient (Wildman–Crippen LogP) is 4.29. The van der Waals surface area contributed by atoms with Crippen LogP contribution in [0.2, 0.25) is 0 Å². The van der Waals surface area contributed by atoms with Crippen molar-refractivity contribution < 1.29 is 9.21 Å². The summed E-state index contributed by atoms with van der Waals surface area (Å²) in [6.07, 6.45) is 1.61. The summed E-state index contributed by atoms with van der Waals surface area (Å²) in [6.45, 7) is 8.61. The largest absolute Gasteiger partial charge is 0.461 e. The van der Waals surface area contributed by atoms with Crippen LogP contribution in [-0.2, 0) is 11.3 Å². The number of anilines is 1. The van der Waals surface area contributed by atoms with Crippen LogP contribution >= 0.6 is 11.8 Å². The van der Waals surface area contributed by atoms with Gasteiger partial charge in [0.25, 0.3) is 0 Å². The first-order chi connectivity index (χ1) is 12.5. The van der Waals surface area contributed by atoms with E-state index in [9.17, 15) is 4.79 Å². The molecule has 0 fully saturated rings. The van der Waals surface area contributed by atoms with Gasteiger partial charge in [0.1, 0.15) is 0 Å². The summed E-state index contributed by atoms with van der Waals surface area (Å²) in [6, 6.07) is 9.56. The molecule has 0 radical (unpaired) electrons. The van der Waals surface area contributed by atoms with Crippen molar-refractivity contribution in [2.75, 3.05) is 5.32 Å². The molecule has 7 heteroatoms. The molecule has 26 heavy (non-hydrogen) atoms. The van der Waals surface area contributed by atoms with Crippen molar-refractivity contribution in [2.45, 2.75) is 44.6 Å². The fourth-order valence-corrected chi connectivity index (χ4v) is 3.49. The lowest BCUT2D eigenvalue weighted by molar-refractivity contribution is -0.115. The number of hydrogen-bond donors (Lipinski definition) is 1. The summed E-state index contributed by atoms with van der Waals surface area (Å²) in [7, 11) is 0. The summed E-state index contributed by atoms with van der Waals surface area (Å²) in [5, 5.41) is 11.9. The van der Waals surface area contributed by atoms with E-state index in [-0.39, 0.29) is 11.2 Å². The van der Waals surface area contributed by atoms with E-state index in [1.807, 2.05) is 62.6 Å². The second-order valence-corrected chi connectivity index (χ2v) is 7.33. The Bertz CT molecular complexity index is 902. The minimum atomic E-state index is -0.311. The van der Waals surface area contributed by atoms with Gasteiger partial charge >= 0.3 is 0 Å². The predicted molar refractivity (Wildman–Crippen MR) is 103 cm³/mol. The molecule has 0 aliphatic carbocycles. The Balaban J connectivity index is 1.74. The van der Waals surface area contributed by atoms with Crippen molar-refractivity contribution >= 4 is 23.4 Å². The summed E-state index contributed by atoms with van der Waals surface area (Å²) in [4.78, 5) is 12.6. The van der Waals surface area contributed by atoms with Crippen LogP contribution in [0.15, 0.2) is 46.2 Å². The lowest BCUT2D eigenvalue weighted by atomic mass is 10.1. The molecule has 1 unspecified atom stereocenters. The van der Waals surface area contributed by atoms with Crippen LogP contribution in [0.3, 0.4) is 0 Å². The molecular formula is C19H22N4O2S. The van der Waals surface area contributed by atoms with Crippen molar-refractivity contribution in [1.82, 2.24) is 14.8 Å². The van der Waals surface area contributed by atoms with Crippen molar-refractivity contribution in [3.63, 3.8) is 0 Å². The molecule has 2 aromatic heterocycles. The zero-order valence-corrected chi connectivity index (χ0v) is 16.1. The molecule has 0 saturated carbocycles. The van der Waals surface area contributed by atoms with E-state index >= 15 is 0 Å². The zero-order valence-electron chi connectivity index (χ0n) is 15.3. The van der Waals surface area contributed by atoms with E-state index in [4.69, 9.17) is 4.42 Å². The Morgan fingerprint density at radius 1 is 1.27 bits per heavy atom. The van der Waals surface area contributed by atoms with Gasteiger partial charge in [-0.2, -0.15) is 0 Å². The Labute approximate surface area is 157 Å². The van der Waals surface area contributed by atoms with E-state index in [2.05, 4.69) is 15.5 Å². The summed E-state index contributed by atoms with van der Waals surface area (Å²) >= 11 is 1.39. The number of benzene rings is 1. The van der Waals surface area contributed by atoms with Gasteiger partial charge in [0.15, 0.2) is 16.7 Å². The van der Waals surface area contributed by atoms with Crippen LogP contribution in [0.25, 0.3) is 11.6 Å². The number of carbonyl (C=O) groups excluding carboxylic acids is 1. The van der Waals surface area contributed by atoms with E-state index in [1.165, 1.54) is 11.8 Å². The number of rotatable bonds is 6. The van der Waals surface area contributed by atoms with Gasteiger partial charge in [-0.25, -0.2) is 0 Å². The van der Waals surface area contributed by atoms with E-state index < -0.39 is 0 Å². The normalized spacial score (nSPS) is 12.2. The maximum absolute atomic E-state index is 12.6. The monoisotopic (exact) mass is 370 g/mol. The Hall–Kier alpha value is -2.54. The van der Waals surface area contributed by atoms with Crippen molar-refractivity contribution in [3.05, 3.63) is 47.7 Å². The summed E-state index contributed by atoms with van der Waals surface area (Å²) in [5.41, 5.74) is 3.07. The third kappa shape index (κ3) is 3.67. The number of aromatic nitrogens is 3. The molecule has 136 valence electrons. The average Bonchev–Trinajstić information content (AvgIpc) is 3.28. The van der Waals surface area contributed by atoms with Gasteiger partial charge in [0, 0.05) is 12.2 Å². The second-order valence-electron chi connectivity index (χ2n) is 6.02. The quantitative estimate of drug-likeness (QED) is 0.655. The second kappa shape index (κ2) is 7.78. The fourth-order valence-electron chi connectivity index (χ4n) is 2.58. The first-order valence-corrected chi connectivity index (χ1v) is 9.40. The SMILES string of the molecule is CCn1c(SC(C)C(=O)Nc2cccc(C)c2C)nnc1-c1ccco1. The smallest absolute Gasteiger partial charge is 0.237 e. The molecule has 6 nitrogen and oxygen atoms in total. The molecule has 3 rings (SSSR count). The van der Waals surface area contributed by atoms with Gasteiger partial charge < -0.3 is 9.73 Å². The van der Waals surface area contributed by atoms with E-state index in [0.29, 0.717) is 23.3 Å². The molecule has 1 atom stereocenters. The maximum atomic E-state index is 12.6. The van der Waals surface area contributed by atoms with Gasteiger partial charge in [-0.15, -0.1) is 10.2 Å². The molecule has 0 saturated heterocycles. The zero-order chi connectivity index (χ0) is 18.7. The molecule has 0 bridgehead atoms. The van der Waals surface area contributed by atoms with Crippen molar-refractivity contribution in [1.29, 1.82) is 0 Å². The molecule has 1 aromatic carbocycles. The highest BCUT2D eigenvalue weighted by molar-refractivity contribution is 8.00. The van der Waals surface area contributed by atoms with Crippen molar-refractivity contribution in [3.8, 4) is 11.6 Å². The number of thioether (sulfide) groups is 1. The van der Waals surface area contributed by atoms with Gasteiger partial charge in [-0.3, -0.25) is 9.36 Å². The molecule has 2 heterocycles.